The fourth-order valence-electron chi connectivity index (χ4n) is 6.82. The third kappa shape index (κ3) is 19.1. The SMILES string of the molecule is CCCCC(CCCCCC(CC)CCCCCC(CC(C)C)CC(C)CC(C)C(C)CC)C(C)C. The van der Waals surface area contributed by atoms with Crippen molar-refractivity contribution in [3.05, 3.63) is 0 Å². The average Bonchev–Trinajstić information content (AvgIpc) is 2.82. The molecule has 0 spiro atoms. The van der Waals surface area contributed by atoms with E-state index in [9.17, 15) is 0 Å². The molecule has 0 heteroatoms. The lowest BCUT2D eigenvalue weighted by Crippen LogP contribution is -2.15. The molecule has 0 heterocycles. The Bertz CT molecular complexity index is 449. The molecule has 0 aromatic carbocycles. The number of rotatable bonds is 25. The predicted molar refractivity (Wildman–Crippen MR) is 168 cm³/mol. The average molecular weight is 507 g/mol. The van der Waals surface area contributed by atoms with Crippen molar-refractivity contribution in [1.29, 1.82) is 0 Å². The van der Waals surface area contributed by atoms with E-state index in [4.69, 9.17) is 0 Å². The first kappa shape index (κ1) is 36.0. The highest BCUT2D eigenvalue weighted by molar-refractivity contribution is 4.71. The van der Waals surface area contributed by atoms with Crippen LogP contribution in [0.15, 0.2) is 0 Å². The van der Waals surface area contributed by atoms with Crippen molar-refractivity contribution in [3.63, 3.8) is 0 Å². The van der Waals surface area contributed by atoms with Crippen LogP contribution in [-0.2, 0) is 0 Å². The van der Waals surface area contributed by atoms with Crippen LogP contribution in [-0.4, -0.2) is 0 Å². The first-order valence-electron chi connectivity index (χ1n) is 17.1. The molecule has 0 aromatic rings. The summed E-state index contributed by atoms with van der Waals surface area (Å²) in [4.78, 5) is 0. The van der Waals surface area contributed by atoms with E-state index in [1.54, 1.807) is 0 Å². The molecule has 218 valence electrons. The third-order valence-electron chi connectivity index (χ3n) is 9.79. The summed E-state index contributed by atoms with van der Waals surface area (Å²) in [7, 11) is 0. The minimum absolute atomic E-state index is 0.848. The summed E-state index contributed by atoms with van der Waals surface area (Å²) in [6.45, 7) is 24.3. The molecule has 36 heavy (non-hydrogen) atoms. The summed E-state index contributed by atoms with van der Waals surface area (Å²) in [5.41, 5.74) is 0. The van der Waals surface area contributed by atoms with Gasteiger partial charge in [0.15, 0.2) is 0 Å². The van der Waals surface area contributed by atoms with Crippen molar-refractivity contribution in [2.75, 3.05) is 0 Å². The van der Waals surface area contributed by atoms with E-state index in [1.165, 1.54) is 116 Å². The van der Waals surface area contributed by atoms with E-state index in [0.717, 1.165) is 47.3 Å². The van der Waals surface area contributed by atoms with Gasteiger partial charge in [-0.15, -0.1) is 0 Å². The van der Waals surface area contributed by atoms with Gasteiger partial charge in [-0.1, -0.05) is 166 Å². The van der Waals surface area contributed by atoms with Gasteiger partial charge in [0.05, 0.1) is 0 Å². The molecule has 0 N–H and O–H groups in total. The van der Waals surface area contributed by atoms with Crippen LogP contribution in [0.5, 0.6) is 0 Å². The fourth-order valence-corrected chi connectivity index (χ4v) is 6.82. The summed E-state index contributed by atoms with van der Waals surface area (Å²) in [6.07, 6.45) is 26.0. The Morgan fingerprint density at radius 1 is 0.444 bits per heavy atom. The van der Waals surface area contributed by atoms with Gasteiger partial charge in [-0.05, 0) is 66.6 Å². The molecule has 0 radical (unpaired) electrons. The summed E-state index contributed by atoms with van der Waals surface area (Å²) in [5.74, 6) is 7.29. The molecule has 6 unspecified atom stereocenters. The maximum atomic E-state index is 2.53. The molecule has 0 fully saturated rings. The quantitative estimate of drug-likeness (QED) is 0.108. The zero-order valence-corrected chi connectivity index (χ0v) is 27.3. The van der Waals surface area contributed by atoms with Gasteiger partial charge in [0, 0.05) is 0 Å². The Balaban J connectivity index is 4.17. The Hall–Kier alpha value is 0. The van der Waals surface area contributed by atoms with Crippen LogP contribution in [0.25, 0.3) is 0 Å². The second-order valence-corrected chi connectivity index (χ2v) is 14.1. The van der Waals surface area contributed by atoms with Crippen molar-refractivity contribution in [2.24, 2.45) is 47.3 Å². The molecular formula is C36H74. The first-order chi connectivity index (χ1) is 17.1. The molecule has 0 amide bonds. The highest BCUT2D eigenvalue weighted by Crippen LogP contribution is 2.31. The second-order valence-electron chi connectivity index (χ2n) is 14.1. The van der Waals surface area contributed by atoms with Gasteiger partial charge in [0.25, 0.3) is 0 Å². The van der Waals surface area contributed by atoms with Crippen LogP contribution in [0.4, 0.5) is 0 Å². The molecule has 0 rings (SSSR count). The lowest BCUT2D eigenvalue weighted by molar-refractivity contribution is 0.249. The Labute approximate surface area is 232 Å². The summed E-state index contributed by atoms with van der Waals surface area (Å²) in [5, 5.41) is 0. The van der Waals surface area contributed by atoms with Gasteiger partial charge in [0.1, 0.15) is 0 Å². The smallest absolute Gasteiger partial charge is 0.0391 e. The predicted octanol–water partition coefficient (Wildman–Crippen LogP) is 13.1. The number of unbranched alkanes of at least 4 members (excludes halogenated alkanes) is 5. The molecule has 0 aliphatic heterocycles. The summed E-state index contributed by atoms with van der Waals surface area (Å²) in [6, 6.07) is 0. The number of hydrogen-bond donors (Lipinski definition) is 0. The second kappa shape index (κ2) is 22.9. The molecule has 0 nitrogen and oxygen atoms in total. The van der Waals surface area contributed by atoms with Gasteiger partial charge in [-0.3, -0.25) is 0 Å². The normalized spacial score (nSPS) is 17.3. The lowest BCUT2D eigenvalue weighted by Gasteiger charge is -2.26. The molecule has 6 atom stereocenters. The zero-order chi connectivity index (χ0) is 27.3. The van der Waals surface area contributed by atoms with Crippen LogP contribution in [0.3, 0.4) is 0 Å². The maximum Gasteiger partial charge on any atom is -0.0391 e. The van der Waals surface area contributed by atoms with E-state index in [2.05, 4.69) is 69.2 Å². The largest absolute Gasteiger partial charge is 0.0654 e. The monoisotopic (exact) mass is 507 g/mol. The zero-order valence-electron chi connectivity index (χ0n) is 27.3. The van der Waals surface area contributed by atoms with Crippen LogP contribution in [0.1, 0.15) is 185 Å². The Kier molecular flexibility index (Phi) is 22.9. The minimum Gasteiger partial charge on any atom is -0.0654 e. The summed E-state index contributed by atoms with van der Waals surface area (Å²) < 4.78 is 0. The van der Waals surface area contributed by atoms with Gasteiger partial charge < -0.3 is 0 Å². The Morgan fingerprint density at radius 3 is 1.44 bits per heavy atom. The van der Waals surface area contributed by atoms with Gasteiger partial charge in [-0.2, -0.15) is 0 Å². The van der Waals surface area contributed by atoms with Crippen LogP contribution < -0.4 is 0 Å². The van der Waals surface area contributed by atoms with Crippen molar-refractivity contribution >= 4 is 0 Å². The van der Waals surface area contributed by atoms with E-state index >= 15 is 0 Å². The van der Waals surface area contributed by atoms with Crippen LogP contribution >= 0.6 is 0 Å². The van der Waals surface area contributed by atoms with E-state index in [0.29, 0.717) is 0 Å². The molecule has 0 aliphatic carbocycles. The van der Waals surface area contributed by atoms with Crippen molar-refractivity contribution in [1.82, 2.24) is 0 Å². The molecule has 0 aromatic heterocycles. The lowest BCUT2D eigenvalue weighted by atomic mass is 9.79. The van der Waals surface area contributed by atoms with Crippen molar-refractivity contribution in [2.45, 2.75) is 185 Å². The summed E-state index contributed by atoms with van der Waals surface area (Å²) >= 11 is 0. The standard InChI is InChI=1S/C36H74/c1-11-14-24-36(30(6)7)25-20-16-18-22-34(13-3)21-17-15-19-23-35(26-29(4)5)28-31(8)27-33(10)32(9)12-2/h29-36H,11-28H2,1-10H3. The molecule has 0 bridgehead atoms. The van der Waals surface area contributed by atoms with Crippen molar-refractivity contribution in [3.8, 4) is 0 Å². The molecule has 0 aliphatic rings. The van der Waals surface area contributed by atoms with Crippen LogP contribution in [0, 0.1) is 47.3 Å². The van der Waals surface area contributed by atoms with Crippen molar-refractivity contribution < 1.29 is 0 Å². The topological polar surface area (TPSA) is 0 Å². The number of hydrogen-bond acceptors (Lipinski definition) is 0. The fraction of sp³-hybridized carbons (Fsp3) is 1.00. The van der Waals surface area contributed by atoms with E-state index in [1.807, 2.05) is 0 Å². The molecule has 0 saturated heterocycles. The van der Waals surface area contributed by atoms with Gasteiger partial charge >= 0.3 is 0 Å². The van der Waals surface area contributed by atoms with Gasteiger partial charge in [0.2, 0.25) is 0 Å². The Morgan fingerprint density at radius 2 is 0.972 bits per heavy atom. The molecular weight excluding hydrogens is 432 g/mol. The highest BCUT2D eigenvalue weighted by Gasteiger charge is 2.19. The maximum absolute atomic E-state index is 2.53. The highest BCUT2D eigenvalue weighted by atomic mass is 14.2. The minimum atomic E-state index is 0.848. The van der Waals surface area contributed by atoms with Gasteiger partial charge in [-0.25, -0.2) is 0 Å². The third-order valence-corrected chi connectivity index (χ3v) is 9.79. The van der Waals surface area contributed by atoms with E-state index < -0.39 is 0 Å². The van der Waals surface area contributed by atoms with Crippen LogP contribution in [0.2, 0.25) is 0 Å². The first-order valence-corrected chi connectivity index (χ1v) is 17.1. The molecule has 0 saturated carbocycles. The van der Waals surface area contributed by atoms with E-state index in [-0.39, 0.29) is 0 Å².